The fourth-order valence-electron chi connectivity index (χ4n) is 3.44. The minimum atomic E-state index is -0.510. The first-order valence-electron chi connectivity index (χ1n) is 10.7. The van der Waals surface area contributed by atoms with Crippen molar-refractivity contribution in [2.75, 3.05) is 11.1 Å². The number of carbonyl (C=O) groups is 1. The fraction of sp³-hybridized carbons (Fsp3) is 0.375. The normalized spacial score (nSPS) is 12.1. The third-order valence-electron chi connectivity index (χ3n) is 5.05. The average Bonchev–Trinajstić information content (AvgIpc) is 3.20. The summed E-state index contributed by atoms with van der Waals surface area (Å²) in [7, 11) is 0. The molecule has 0 aliphatic heterocycles. The Balaban J connectivity index is 1.72. The van der Waals surface area contributed by atoms with E-state index in [0.29, 0.717) is 11.0 Å². The summed E-state index contributed by atoms with van der Waals surface area (Å²) in [5.41, 5.74) is 3.02. The molecule has 1 unspecified atom stereocenters. The van der Waals surface area contributed by atoms with Crippen LogP contribution in [-0.2, 0) is 11.2 Å². The second-order valence-electron chi connectivity index (χ2n) is 7.79. The summed E-state index contributed by atoms with van der Waals surface area (Å²) in [6, 6.07) is 12.3. The number of carbonyl (C=O) groups excluding carboxylic acids is 1. The van der Waals surface area contributed by atoms with Crippen LogP contribution in [0.15, 0.2) is 47.6 Å². The summed E-state index contributed by atoms with van der Waals surface area (Å²) in [6.45, 7) is 9.87. The van der Waals surface area contributed by atoms with E-state index in [1.165, 1.54) is 17.8 Å². The molecule has 3 rings (SSSR count). The highest BCUT2D eigenvalue weighted by atomic mass is 32.2. The molecule has 8 heteroatoms. The molecule has 0 fully saturated rings. The summed E-state index contributed by atoms with van der Waals surface area (Å²) >= 11 is 1.32. The lowest BCUT2D eigenvalue weighted by Gasteiger charge is -2.19. The highest BCUT2D eigenvalue weighted by Crippen LogP contribution is 2.29. The monoisotopic (exact) mass is 456 g/mol. The van der Waals surface area contributed by atoms with Gasteiger partial charge in [0, 0.05) is 11.7 Å². The van der Waals surface area contributed by atoms with Crippen LogP contribution in [0.1, 0.15) is 56.8 Å². The predicted molar refractivity (Wildman–Crippen MR) is 126 cm³/mol. The van der Waals surface area contributed by atoms with Crippen molar-refractivity contribution in [1.82, 2.24) is 14.8 Å². The van der Waals surface area contributed by atoms with Gasteiger partial charge in [-0.1, -0.05) is 49.0 Å². The van der Waals surface area contributed by atoms with Crippen LogP contribution in [0, 0.1) is 12.7 Å². The molecule has 1 atom stereocenters. The van der Waals surface area contributed by atoms with E-state index in [4.69, 9.17) is 4.74 Å². The maximum Gasteiger partial charge on any atom is 0.234 e. The van der Waals surface area contributed by atoms with Crippen molar-refractivity contribution in [3.05, 3.63) is 65.2 Å². The SMILES string of the molecule is CCc1cccc(C)c1NC(=O)CSc1nnc(C(C)Oc2ccccc2F)n1C(C)C. The number of thioether (sulfide) groups is 1. The molecular formula is C24H29FN4O2S. The van der Waals surface area contributed by atoms with Gasteiger partial charge in [0.05, 0.1) is 5.75 Å². The number of nitrogens with zero attached hydrogens (tertiary/aromatic N) is 3. The molecule has 0 aliphatic carbocycles. The molecule has 0 saturated carbocycles. The first-order chi connectivity index (χ1) is 15.3. The zero-order chi connectivity index (χ0) is 23.3. The largest absolute Gasteiger partial charge is 0.480 e. The lowest BCUT2D eigenvalue weighted by atomic mass is 10.1. The van der Waals surface area contributed by atoms with E-state index in [0.717, 1.165) is 23.2 Å². The van der Waals surface area contributed by atoms with Gasteiger partial charge in [-0.25, -0.2) is 4.39 Å². The zero-order valence-electron chi connectivity index (χ0n) is 19.1. The lowest BCUT2D eigenvalue weighted by molar-refractivity contribution is -0.113. The Labute approximate surface area is 192 Å². The molecule has 0 radical (unpaired) electrons. The van der Waals surface area contributed by atoms with Gasteiger partial charge in [-0.3, -0.25) is 4.79 Å². The molecule has 2 aromatic carbocycles. The van der Waals surface area contributed by atoms with Gasteiger partial charge < -0.3 is 14.6 Å². The molecule has 6 nitrogen and oxygen atoms in total. The standard InChI is InChI=1S/C24H29FN4O2S/c1-6-18-11-9-10-16(4)22(18)26-21(30)14-32-24-28-27-23(29(24)15(2)3)17(5)31-20-13-8-7-12-19(20)25/h7-13,15,17H,6,14H2,1-5H3,(H,26,30). The van der Waals surface area contributed by atoms with Gasteiger partial charge in [-0.15, -0.1) is 10.2 Å². The van der Waals surface area contributed by atoms with Crippen molar-refractivity contribution in [1.29, 1.82) is 0 Å². The molecule has 0 bridgehead atoms. The van der Waals surface area contributed by atoms with E-state index < -0.39 is 11.9 Å². The quantitative estimate of drug-likeness (QED) is 0.416. The average molecular weight is 457 g/mol. The number of aryl methyl sites for hydroxylation is 2. The zero-order valence-corrected chi connectivity index (χ0v) is 19.9. The molecule has 0 spiro atoms. The van der Waals surface area contributed by atoms with Crippen LogP contribution in [0.2, 0.25) is 0 Å². The van der Waals surface area contributed by atoms with Crippen LogP contribution in [0.4, 0.5) is 10.1 Å². The van der Waals surface area contributed by atoms with E-state index in [9.17, 15) is 9.18 Å². The number of aromatic nitrogens is 3. The number of nitrogens with one attached hydrogen (secondary N) is 1. The summed E-state index contributed by atoms with van der Waals surface area (Å²) < 4.78 is 21.7. The van der Waals surface area contributed by atoms with Gasteiger partial charge >= 0.3 is 0 Å². The number of halogens is 1. The van der Waals surface area contributed by atoms with Crippen molar-refractivity contribution >= 4 is 23.4 Å². The van der Waals surface area contributed by atoms with Crippen LogP contribution < -0.4 is 10.1 Å². The van der Waals surface area contributed by atoms with Crippen molar-refractivity contribution in [3.63, 3.8) is 0 Å². The Hall–Kier alpha value is -2.87. The number of hydrogen-bond donors (Lipinski definition) is 1. The summed E-state index contributed by atoms with van der Waals surface area (Å²) in [4.78, 5) is 12.7. The number of hydrogen-bond acceptors (Lipinski definition) is 5. The summed E-state index contributed by atoms with van der Waals surface area (Å²) in [5.74, 6) is 0.416. The van der Waals surface area contributed by atoms with Crippen molar-refractivity contribution < 1.29 is 13.9 Å². The highest BCUT2D eigenvalue weighted by Gasteiger charge is 2.23. The molecule has 1 N–H and O–H groups in total. The van der Waals surface area contributed by atoms with Crippen LogP contribution in [0.3, 0.4) is 0 Å². The van der Waals surface area contributed by atoms with Gasteiger partial charge in [0.15, 0.2) is 28.7 Å². The second kappa shape index (κ2) is 10.6. The Morgan fingerprint density at radius 2 is 1.91 bits per heavy atom. The van der Waals surface area contributed by atoms with Crippen molar-refractivity contribution in [2.24, 2.45) is 0 Å². The molecule has 1 heterocycles. The van der Waals surface area contributed by atoms with Gasteiger partial charge in [0.2, 0.25) is 5.91 Å². The topological polar surface area (TPSA) is 69.0 Å². The lowest BCUT2D eigenvalue weighted by Crippen LogP contribution is -2.18. The van der Waals surface area contributed by atoms with E-state index in [1.807, 2.05) is 43.5 Å². The van der Waals surface area contributed by atoms with Gasteiger partial charge in [-0.2, -0.15) is 0 Å². The number of amides is 1. The van der Waals surface area contributed by atoms with Crippen LogP contribution >= 0.6 is 11.8 Å². The fourth-order valence-corrected chi connectivity index (χ4v) is 4.31. The Morgan fingerprint density at radius 3 is 2.59 bits per heavy atom. The van der Waals surface area contributed by atoms with Crippen LogP contribution in [0.5, 0.6) is 5.75 Å². The second-order valence-corrected chi connectivity index (χ2v) is 8.74. The van der Waals surface area contributed by atoms with Crippen LogP contribution in [-0.4, -0.2) is 26.4 Å². The van der Waals surface area contributed by atoms with Crippen molar-refractivity contribution in [2.45, 2.75) is 58.3 Å². The Morgan fingerprint density at radius 1 is 1.16 bits per heavy atom. The number of anilines is 1. The van der Waals surface area contributed by atoms with Gasteiger partial charge in [-0.05, 0) is 57.4 Å². The molecule has 0 aliphatic rings. The first-order valence-corrected chi connectivity index (χ1v) is 11.7. The van der Waals surface area contributed by atoms with E-state index in [-0.39, 0.29) is 23.5 Å². The Bertz CT molecular complexity index is 1080. The molecular weight excluding hydrogens is 427 g/mol. The molecule has 1 amide bonds. The molecule has 32 heavy (non-hydrogen) atoms. The van der Waals surface area contributed by atoms with Gasteiger partial charge in [0.1, 0.15) is 0 Å². The van der Waals surface area contributed by atoms with E-state index in [1.54, 1.807) is 25.1 Å². The Kier molecular flexibility index (Phi) is 7.90. The molecule has 1 aromatic heterocycles. The molecule has 0 saturated heterocycles. The maximum atomic E-state index is 14.0. The number of benzene rings is 2. The summed E-state index contributed by atoms with van der Waals surface area (Å²) in [6.07, 6.45) is 0.332. The van der Waals surface area contributed by atoms with E-state index >= 15 is 0 Å². The third kappa shape index (κ3) is 5.48. The summed E-state index contributed by atoms with van der Waals surface area (Å²) in [5, 5.41) is 12.2. The minimum Gasteiger partial charge on any atom is -0.480 e. The molecule has 3 aromatic rings. The predicted octanol–water partition coefficient (Wildman–Crippen LogP) is 5.74. The first kappa shape index (κ1) is 23.8. The minimum absolute atomic E-state index is 0.0419. The molecule has 170 valence electrons. The number of rotatable bonds is 9. The van der Waals surface area contributed by atoms with E-state index in [2.05, 4.69) is 22.4 Å². The maximum absolute atomic E-state index is 14.0. The van der Waals surface area contributed by atoms with Crippen molar-refractivity contribution in [3.8, 4) is 5.75 Å². The third-order valence-corrected chi connectivity index (χ3v) is 5.99. The highest BCUT2D eigenvalue weighted by molar-refractivity contribution is 7.99. The smallest absolute Gasteiger partial charge is 0.234 e. The van der Waals surface area contributed by atoms with Gasteiger partial charge in [0.25, 0.3) is 0 Å². The number of para-hydroxylation sites is 2. The number of ether oxygens (including phenoxy) is 1. The van der Waals surface area contributed by atoms with Crippen LogP contribution in [0.25, 0.3) is 0 Å².